The van der Waals surface area contributed by atoms with E-state index in [0.29, 0.717) is 5.75 Å². The molecule has 0 bridgehead atoms. The van der Waals surface area contributed by atoms with Gasteiger partial charge in [0.15, 0.2) is 0 Å². The molecule has 0 aliphatic heterocycles. The van der Waals surface area contributed by atoms with Gasteiger partial charge in [0.25, 0.3) is 0 Å². The van der Waals surface area contributed by atoms with E-state index in [1.807, 2.05) is 42.5 Å². The summed E-state index contributed by atoms with van der Waals surface area (Å²) >= 11 is 1.68. The smallest absolute Gasteiger partial charge is 0.407 e. The summed E-state index contributed by atoms with van der Waals surface area (Å²) in [6.07, 6.45) is -0.490. The summed E-state index contributed by atoms with van der Waals surface area (Å²) in [4.78, 5) is 12.4. The monoisotopic (exact) mass is 419 g/mol. The van der Waals surface area contributed by atoms with E-state index in [1.54, 1.807) is 11.8 Å². The van der Waals surface area contributed by atoms with Crippen molar-refractivity contribution in [3.63, 3.8) is 0 Å². The fourth-order valence-corrected chi connectivity index (χ4v) is 4.86. The number of hydrogen-bond donors (Lipinski definition) is 2. The molecule has 0 saturated heterocycles. The van der Waals surface area contributed by atoms with Gasteiger partial charge in [-0.15, -0.1) is 0 Å². The number of aliphatic hydroxyl groups excluding tert-OH is 1. The number of carbonyl (C=O) groups excluding carboxylic acids is 1. The van der Waals surface area contributed by atoms with Crippen LogP contribution in [-0.4, -0.2) is 36.2 Å². The molecule has 154 valence electrons. The number of rotatable bonds is 8. The van der Waals surface area contributed by atoms with Crippen LogP contribution in [0.5, 0.6) is 0 Å². The Morgan fingerprint density at radius 3 is 2.17 bits per heavy atom. The Kier molecular flexibility index (Phi) is 6.72. The average molecular weight is 420 g/mol. The minimum absolute atomic E-state index is 0.0307. The second kappa shape index (κ2) is 9.83. The minimum Gasteiger partial charge on any atom is -0.449 e. The van der Waals surface area contributed by atoms with Gasteiger partial charge in [0.05, 0.1) is 12.6 Å². The van der Waals surface area contributed by atoms with Crippen LogP contribution in [-0.2, 0) is 10.5 Å². The van der Waals surface area contributed by atoms with Gasteiger partial charge in [0, 0.05) is 17.4 Å². The van der Waals surface area contributed by atoms with Crippen LogP contribution in [0.25, 0.3) is 11.1 Å². The van der Waals surface area contributed by atoms with Gasteiger partial charge in [-0.05, 0) is 27.8 Å². The number of carbonyl (C=O) groups is 1. The summed E-state index contributed by atoms with van der Waals surface area (Å²) in [5.74, 6) is 1.49. The summed E-state index contributed by atoms with van der Waals surface area (Å²) in [6, 6.07) is 26.3. The normalized spacial score (nSPS) is 13.4. The molecular weight excluding hydrogens is 394 g/mol. The Morgan fingerprint density at radius 2 is 1.53 bits per heavy atom. The van der Waals surface area contributed by atoms with Crippen molar-refractivity contribution in [3.8, 4) is 11.1 Å². The maximum absolute atomic E-state index is 12.4. The first-order valence-electron chi connectivity index (χ1n) is 10.1. The van der Waals surface area contributed by atoms with Crippen LogP contribution in [0.2, 0.25) is 0 Å². The molecule has 0 spiro atoms. The van der Waals surface area contributed by atoms with Gasteiger partial charge in [-0.3, -0.25) is 0 Å². The zero-order valence-corrected chi connectivity index (χ0v) is 17.5. The first kappa shape index (κ1) is 20.5. The SMILES string of the molecule is O=C(N[C@H](CO)CSCc1ccccc1)OCC1c2ccccc2-c2ccccc21. The Labute approximate surface area is 181 Å². The van der Waals surface area contributed by atoms with E-state index >= 15 is 0 Å². The highest BCUT2D eigenvalue weighted by atomic mass is 32.2. The third kappa shape index (κ3) is 4.69. The van der Waals surface area contributed by atoms with Gasteiger partial charge in [-0.1, -0.05) is 78.9 Å². The lowest BCUT2D eigenvalue weighted by Crippen LogP contribution is -2.40. The van der Waals surface area contributed by atoms with E-state index in [9.17, 15) is 9.90 Å². The maximum atomic E-state index is 12.4. The van der Waals surface area contributed by atoms with Gasteiger partial charge >= 0.3 is 6.09 Å². The third-order valence-electron chi connectivity index (χ3n) is 5.32. The summed E-state index contributed by atoms with van der Waals surface area (Å²) in [7, 11) is 0. The molecule has 3 aromatic carbocycles. The molecule has 1 amide bonds. The van der Waals surface area contributed by atoms with Crippen molar-refractivity contribution in [2.24, 2.45) is 0 Å². The van der Waals surface area contributed by atoms with Gasteiger partial charge in [0.2, 0.25) is 0 Å². The predicted molar refractivity (Wildman–Crippen MR) is 122 cm³/mol. The second-order valence-electron chi connectivity index (χ2n) is 7.35. The van der Waals surface area contributed by atoms with E-state index in [4.69, 9.17) is 4.74 Å². The Balaban J connectivity index is 1.31. The van der Waals surface area contributed by atoms with Crippen molar-refractivity contribution in [1.82, 2.24) is 5.32 Å². The molecule has 4 rings (SSSR count). The number of ether oxygens (including phenoxy) is 1. The number of fused-ring (bicyclic) bond motifs is 3. The van der Waals surface area contributed by atoms with Crippen molar-refractivity contribution in [1.29, 1.82) is 0 Å². The molecule has 5 heteroatoms. The molecule has 0 saturated carbocycles. The number of benzene rings is 3. The van der Waals surface area contributed by atoms with Crippen LogP contribution in [0, 0.1) is 0 Å². The fourth-order valence-electron chi connectivity index (χ4n) is 3.84. The van der Waals surface area contributed by atoms with Crippen LogP contribution in [0.3, 0.4) is 0 Å². The van der Waals surface area contributed by atoms with E-state index in [-0.39, 0.29) is 25.2 Å². The van der Waals surface area contributed by atoms with Crippen LogP contribution in [0.1, 0.15) is 22.6 Å². The second-order valence-corrected chi connectivity index (χ2v) is 8.38. The van der Waals surface area contributed by atoms with E-state index < -0.39 is 6.09 Å². The zero-order valence-electron chi connectivity index (χ0n) is 16.7. The lowest BCUT2D eigenvalue weighted by molar-refractivity contribution is 0.134. The van der Waals surface area contributed by atoms with Crippen molar-refractivity contribution < 1.29 is 14.6 Å². The predicted octanol–water partition coefficient (Wildman–Crippen LogP) is 4.82. The Morgan fingerprint density at radius 1 is 0.933 bits per heavy atom. The molecular formula is C25H25NO3S. The molecule has 30 heavy (non-hydrogen) atoms. The molecule has 1 atom stereocenters. The molecule has 0 fully saturated rings. The molecule has 2 N–H and O–H groups in total. The summed E-state index contributed by atoms with van der Waals surface area (Å²) in [6.45, 7) is 0.154. The molecule has 4 nitrogen and oxygen atoms in total. The zero-order chi connectivity index (χ0) is 20.8. The molecule has 0 radical (unpaired) electrons. The summed E-state index contributed by atoms with van der Waals surface area (Å²) in [5, 5.41) is 12.4. The average Bonchev–Trinajstić information content (AvgIpc) is 3.11. The fraction of sp³-hybridized carbons (Fsp3) is 0.240. The molecule has 0 unspecified atom stereocenters. The van der Waals surface area contributed by atoms with Gasteiger partial charge < -0.3 is 15.2 Å². The molecule has 0 heterocycles. The lowest BCUT2D eigenvalue weighted by atomic mass is 9.98. The van der Waals surface area contributed by atoms with Crippen LogP contribution in [0.15, 0.2) is 78.9 Å². The molecule has 1 aliphatic carbocycles. The van der Waals surface area contributed by atoms with Gasteiger partial charge in [0.1, 0.15) is 6.61 Å². The van der Waals surface area contributed by atoms with Crippen molar-refractivity contribution in [3.05, 3.63) is 95.6 Å². The molecule has 3 aromatic rings. The highest BCUT2D eigenvalue weighted by molar-refractivity contribution is 7.98. The van der Waals surface area contributed by atoms with Crippen molar-refractivity contribution >= 4 is 17.9 Å². The van der Waals surface area contributed by atoms with E-state index in [0.717, 1.165) is 5.75 Å². The van der Waals surface area contributed by atoms with Crippen LogP contribution in [0.4, 0.5) is 4.79 Å². The van der Waals surface area contributed by atoms with E-state index in [2.05, 4.69) is 41.7 Å². The third-order valence-corrected chi connectivity index (χ3v) is 6.49. The Bertz CT molecular complexity index is 947. The number of nitrogens with one attached hydrogen (secondary N) is 1. The highest BCUT2D eigenvalue weighted by Gasteiger charge is 2.29. The number of amides is 1. The first-order valence-corrected chi connectivity index (χ1v) is 11.3. The van der Waals surface area contributed by atoms with Gasteiger partial charge in [-0.25, -0.2) is 4.79 Å². The quantitative estimate of drug-likeness (QED) is 0.550. The standard InChI is InChI=1S/C25H25NO3S/c27-14-19(17-30-16-18-8-2-1-3-9-18)26-25(28)29-15-24-22-12-6-4-10-20(22)21-11-5-7-13-23(21)24/h1-13,19,24,27H,14-17H2,(H,26,28)/t19-/m1/s1. The minimum atomic E-state index is -0.490. The Hall–Kier alpha value is -2.76. The number of hydrogen-bond acceptors (Lipinski definition) is 4. The molecule has 1 aliphatic rings. The van der Waals surface area contributed by atoms with Gasteiger partial charge in [-0.2, -0.15) is 11.8 Å². The lowest BCUT2D eigenvalue weighted by Gasteiger charge is -2.18. The summed E-state index contributed by atoms with van der Waals surface area (Å²) in [5.41, 5.74) is 5.99. The highest BCUT2D eigenvalue weighted by Crippen LogP contribution is 2.44. The topological polar surface area (TPSA) is 58.6 Å². The molecule has 0 aromatic heterocycles. The van der Waals surface area contributed by atoms with Crippen LogP contribution < -0.4 is 5.32 Å². The number of aliphatic hydroxyl groups is 1. The van der Waals surface area contributed by atoms with Crippen LogP contribution >= 0.6 is 11.8 Å². The van der Waals surface area contributed by atoms with Crippen molar-refractivity contribution in [2.45, 2.75) is 17.7 Å². The largest absolute Gasteiger partial charge is 0.449 e. The summed E-state index contributed by atoms with van der Waals surface area (Å²) < 4.78 is 5.57. The van der Waals surface area contributed by atoms with Crippen molar-refractivity contribution in [2.75, 3.05) is 19.0 Å². The van der Waals surface area contributed by atoms with E-state index in [1.165, 1.54) is 27.8 Å². The maximum Gasteiger partial charge on any atom is 0.407 e. The first-order chi connectivity index (χ1) is 14.8. The number of thioether (sulfide) groups is 1. The number of alkyl carbamates (subject to hydrolysis) is 1.